The molecule has 0 saturated heterocycles. The zero-order valence-electron chi connectivity index (χ0n) is 11.2. The molecule has 4 heteroatoms. The van der Waals surface area contributed by atoms with Crippen LogP contribution in [0.2, 0.25) is 0 Å². The Hall–Kier alpha value is -0.870. The normalized spacial score (nSPS) is 15.7. The van der Waals surface area contributed by atoms with Crippen molar-refractivity contribution in [2.24, 2.45) is 0 Å². The molecule has 0 aromatic heterocycles. The lowest BCUT2D eigenvalue weighted by molar-refractivity contribution is 0.0637. The molecule has 1 aliphatic rings. The van der Waals surface area contributed by atoms with Crippen molar-refractivity contribution >= 4 is 21.8 Å². The van der Waals surface area contributed by atoms with Crippen LogP contribution in [0.1, 0.15) is 41.6 Å². The molecule has 1 saturated carbocycles. The number of carbonyl (C=O) groups excluding carboxylic acids is 1. The number of hydrogen-bond donors (Lipinski definition) is 1. The first-order chi connectivity index (χ1) is 9.13. The lowest BCUT2D eigenvalue weighted by Gasteiger charge is -2.29. The molecule has 0 radical (unpaired) electrons. The third-order valence-corrected chi connectivity index (χ3v) is 4.29. The number of benzene rings is 1. The summed E-state index contributed by atoms with van der Waals surface area (Å²) in [5.74, 6) is 0.0414. The van der Waals surface area contributed by atoms with Crippen LogP contribution in [0.5, 0.6) is 0 Å². The second-order valence-corrected chi connectivity index (χ2v) is 6.04. The molecule has 1 N–H and O–H groups in total. The van der Waals surface area contributed by atoms with Gasteiger partial charge in [-0.25, -0.2) is 0 Å². The maximum atomic E-state index is 12.7. The lowest BCUT2D eigenvalue weighted by Crippen LogP contribution is -2.41. The first-order valence-electron chi connectivity index (χ1n) is 6.81. The van der Waals surface area contributed by atoms with E-state index in [1.165, 1.54) is 12.8 Å². The second-order valence-electron chi connectivity index (χ2n) is 5.12. The Labute approximate surface area is 122 Å². The molecule has 19 heavy (non-hydrogen) atoms. The highest BCUT2D eigenvalue weighted by molar-refractivity contribution is 9.10. The van der Waals surface area contributed by atoms with Gasteiger partial charge in [0.1, 0.15) is 0 Å². The molecule has 0 aliphatic heterocycles. The zero-order valence-corrected chi connectivity index (χ0v) is 12.8. The van der Waals surface area contributed by atoms with Crippen LogP contribution in [-0.4, -0.2) is 35.1 Å². The van der Waals surface area contributed by atoms with Gasteiger partial charge < -0.3 is 10.0 Å². The monoisotopic (exact) mass is 325 g/mol. The minimum atomic E-state index is 0.0231. The highest BCUT2D eigenvalue weighted by Crippen LogP contribution is 2.26. The highest BCUT2D eigenvalue weighted by atomic mass is 79.9. The van der Waals surface area contributed by atoms with Crippen LogP contribution < -0.4 is 0 Å². The van der Waals surface area contributed by atoms with Gasteiger partial charge in [0.05, 0.1) is 6.61 Å². The summed E-state index contributed by atoms with van der Waals surface area (Å²) in [6, 6.07) is 6.05. The summed E-state index contributed by atoms with van der Waals surface area (Å²) in [5.41, 5.74) is 1.71. The smallest absolute Gasteiger partial charge is 0.254 e. The van der Waals surface area contributed by atoms with Crippen LogP contribution in [0.15, 0.2) is 22.7 Å². The fourth-order valence-electron chi connectivity index (χ4n) is 2.75. The molecule has 1 aliphatic carbocycles. The molecule has 0 bridgehead atoms. The largest absolute Gasteiger partial charge is 0.395 e. The topological polar surface area (TPSA) is 40.5 Å². The molecule has 3 nitrogen and oxygen atoms in total. The summed E-state index contributed by atoms with van der Waals surface area (Å²) >= 11 is 3.42. The first kappa shape index (κ1) is 14.5. The molecule has 0 atom stereocenters. The molecule has 104 valence electrons. The lowest BCUT2D eigenvalue weighted by atomic mass is 10.1. The quantitative estimate of drug-likeness (QED) is 0.923. The van der Waals surface area contributed by atoms with Gasteiger partial charge in [-0.1, -0.05) is 34.8 Å². The number of nitrogens with zero attached hydrogens (tertiary/aromatic N) is 1. The van der Waals surface area contributed by atoms with Crippen LogP contribution in [0.3, 0.4) is 0 Å². The third kappa shape index (κ3) is 3.37. The van der Waals surface area contributed by atoms with Gasteiger partial charge in [0.15, 0.2) is 0 Å². The molecule has 0 spiro atoms. The van der Waals surface area contributed by atoms with Gasteiger partial charge in [0, 0.05) is 22.6 Å². The van der Waals surface area contributed by atoms with Crippen molar-refractivity contribution in [1.29, 1.82) is 0 Å². The van der Waals surface area contributed by atoms with E-state index < -0.39 is 0 Å². The van der Waals surface area contributed by atoms with E-state index >= 15 is 0 Å². The van der Waals surface area contributed by atoms with Gasteiger partial charge >= 0.3 is 0 Å². The van der Waals surface area contributed by atoms with E-state index in [0.717, 1.165) is 28.4 Å². The Kier molecular flexibility index (Phi) is 4.99. The molecule has 1 aromatic rings. The van der Waals surface area contributed by atoms with Crippen LogP contribution in [-0.2, 0) is 0 Å². The number of carbonyl (C=O) groups is 1. The summed E-state index contributed by atoms with van der Waals surface area (Å²) in [4.78, 5) is 14.5. The number of hydrogen-bond acceptors (Lipinski definition) is 2. The van der Waals surface area contributed by atoms with Crippen molar-refractivity contribution in [3.05, 3.63) is 33.8 Å². The summed E-state index contributed by atoms with van der Waals surface area (Å²) < 4.78 is 0.914. The Morgan fingerprint density at radius 2 is 2.11 bits per heavy atom. The van der Waals surface area contributed by atoms with E-state index in [9.17, 15) is 9.90 Å². The number of aliphatic hydroxyl groups excluding tert-OH is 1. The van der Waals surface area contributed by atoms with Gasteiger partial charge in [-0.15, -0.1) is 0 Å². The van der Waals surface area contributed by atoms with Gasteiger partial charge in [0.25, 0.3) is 5.91 Å². The number of aryl methyl sites for hydroxylation is 1. The zero-order chi connectivity index (χ0) is 13.8. The average Bonchev–Trinajstić information content (AvgIpc) is 2.92. The van der Waals surface area contributed by atoms with Crippen molar-refractivity contribution in [3.8, 4) is 0 Å². The number of rotatable bonds is 4. The predicted molar refractivity (Wildman–Crippen MR) is 79.3 cm³/mol. The molecule has 1 amide bonds. The average molecular weight is 326 g/mol. The first-order valence-corrected chi connectivity index (χ1v) is 7.60. The third-order valence-electron chi connectivity index (χ3n) is 3.80. The van der Waals surface area contributed by atoms with Gasteiger partial charge in [-0.05, 0) is 37.5 Å². The van der Waals surface area contributed by atoms with E-state index in [4.69, 9.17) is 0 Å². The van der Waals surface area contributed by atoms with E-state index in [2.05, 4.69) is 15.9 Å². The molecular formula is C15H20BrNO2. The molecule has 1 fully saturated rings. The summed E-state index contributed by atoms with van der Waals surface area (Å²) in [6.45, 7) is 2.40. The molecule has 1 aromatic carbocycles. The maximum Gasteiger partial charge on any atom is 0.254 e. The fourth-order valence-corrected chi connectivity index (χ4v) is 3.11. The van der Waals surface area contributed by atoms with E-state index in [-0.39, 0.29) is 18.6 Å². The maximum absolute atomic E-state index is 12.7. The van der Waals surface area contributed by atoms with Crippen molar-refractivity contribution in [1.82, 2.24) is 4.90 Å². The Bertz CT molecular complexity index is 455. The predicted octanol–water partition coefficient (Wildman–Crippen LogP) is 3.13. The van der Waals surface area contributed by atoms with Gasteiger partial charge in [-0.2, -0.15) is 0 Å². The molecular weight excluding hydrogens is 306 g/mol. The van der Waals surface area contributed by atoms with E-state index in [1.807, 2.05) is 30.0 Å². The second kappa shape index (κ2) is 6.53. The Morgan fingerprint density at radius 1 is 1.42 bits per heavy atom. The fraction of sp³-hybridized carbons (Fsp3) is 0.533. The summed E-state index contributed by atoms with van der Waals surface area (Å²) in [7, 11) is 0. The number of halogens is 1. The van der Waals surface area contributed by atoms with Crippen molar-refractivity contribution in [3.63, 3.8) is 0 Å². The number of aliphatic hydroxyl groups is 1. The molecule has 2 rings (SSSR count). The van der Waals surface area contributed by atoms with Crippen LogP contribution >= 0.6 is 15.9 Å². The van der Waals surface area contributed by atoms with Crippen LogP contribution in [0.4, 0.5) is 0 Å². The summed E-state index contributed by atoms with van der Waals surface area (Å²) in [6.07, 6.45) is 4.46. The minimum absolute atomic E-state index is 0.0231. The van der Waals surface area contributed by atoms with Crippen LogP contribution in [0, 0.1) is 6.92 Å². The van der Waals surface area contributed by atoms with Crippen molar-refractivity contribution < 1.29 is 9.90 Å². The Balaban J connectivity index is 2.25. The van der Waals surface area contributed by atoms with Crippen molar-refractivity contribution in [2.45, 2.75) is 38.6 Å². The SMILES string of the molecule is Cc1ccc(Br)cc1C(=O)N(CCO)C1CCCC1. The Morgan fingerprint density at radius 3 is 2.74 bits per heavy atom. The minimum Gasteiger partial charge on any atom is -0.395 e. The van der Waals surface area contributed by atoms with E-state index in [1.54, 1.807) is 0 Å². The van der Waals surface area contributed by atoms with E-state index in [0.29, 0.717) is 6.54 Å². The highest BCUT2D eigenvalue weighted by Gasteiger charge is 2.27. The molecule has 0 unspecified atom stereocenters. The summed E-state index contributed by atoms with van der Waals surface area (Å²) in [5, 5.41) is 9.21. The standard InChI is InChI=1S/C15H20BrNO2/c1-11-6-7-12(16)10-14(11)15(19)17(8-9-18)13-4-2-3-5-13/h6-7,10,13,18H,2-5,8-9H2,1H3. The van der Waals surface area contributed by atoms with Gasteiger partial charge in [-0.3, -0.25) is 4.79 Å². The number of amides is 1. The molecule has 0 heterocycles. The van der Waals surface area contributed by atoms with Crippen LogP contribution in [0.25, 0.3) is 0 Å². The van der Waals surface area contributed by atoms with Crippen molar-refractivity contribution in [2.75, 3.05) is 13.2 Å². The van der Waals surface area contributed by atoms with Gasteiger partial charge in [0.2, 0.25) is 0 Å².